The summed E-state index contributed by atoms with van der Waals surface area (Å²) in [6.45, 7) is 14.9. The molecule has 0 aliphatic heterocycles. The molecule has 0 radical (unpaired) electrons. The molecule has 0 saturated heterocycles. The van der Waals surface area contributed by atoms with Crippen molar-refractivity contribution in [3.8, 4) is 0 Å². The van der Waals surface area contributed by atoms with E-state index in [2.05, 4.69) is 63.8 Å². The van der Waals surface area contributed by atoms with Crippen LogP contribution in [0, 0.1) is 5.41 Å². The zero-order chi connectivity index (χ0) is 13.6. The van der Waals surface area contributed by atoms with Crippen LogP contribution >= 0.6 is 0 Å². The molecule has 0 amide bonds. The van der Waals surface area contributed by atoms with Gasteiger partial charge in [-0.1, -0.05) is 20.8 Å². The van der Waals surface area contributed by atoms with E-state index in [9.17, 15) is 0 Å². The number of likely N-dealkylation sites (N-methyl/N-ethyl adjacent to an activating group) is 2. The second-order valence-electron chi connectivity index (χ2n) is 6.17. The summed E-state index contributed by atoms with van der Waals surface area (Å²) >= 11 is 0. The summed E-state index contributed by atoms with van der Waals surface area (Å²) < 4.78 is 0. The Bertz CT molecular complexity index is 202. The Morgan fingerprint density at radius 1 is 1.18 bits per heavy atom. The summed E-state index contributed by atoms with van der Waals surface area (Å²) in [6.07, 6.45) is 0. The highest BCUT2D eigenvalue weighted by Crippen LogP contribution is 2.23. The molecule has 104 valence electrons. The summed E-state index contributed by atoms with van der Waals surface area (Å²) in [4.78, 5) is 4.84. The zero-order valence-corrected chi connectivity index (χ0v) is 13.2. The van der Waals surface area contributed by atoms with Gasteiger partial charge in [0, 0.05) is 25.2 Å². The molecule has 0 bridgehead atoms. The third-order valence-electron chi connectivity index (χ3n) is 3.87. The van der Waals surface area contributed by atoms with E-state index < -0.39 is 0 Å². The summed E-state index contributed by atoms with van der Waals surface area (Å²) in [5.41, 5.74) is 0.297. The lowest BCUT2D eigenvalue weighted by molar-refractivity contribution is 0.105. The lowest BCUT2D eigenvalue weighted by atomic mass is 9.84. The number of hydrogen-bond acceptors (Lipinski definition) is 3. The average molecular weight is 243 g/mol. The van der Waals surface area contributed by atoms with Gasteiger partial charge in [0.1, 0.15) is 0 Å². The minimum absolute atomic E-state index is 0.297. The van der Waals surface area contributed by atoms with Crippen molar-refractivity contribution in [2.24, 2.45) is 5.41 Å². The molecule has 0 aliphatic carbocycles. The van der Waals surface area contributed by atoms with E-state index in [0.717, 1.165) is 19.6 Å². The third-order valence-corrected chi connectivity index (χ3v) is 3.87. The van der Waals surface area contributed by atoms with E-state index in [1.807, 2.05) is 7.05 Å². The van der Waals surface area contributed by atoms with Crippen LogP contribution in [0.3, 0.4) is 0 Å². The molecule has 2 unspecified atom stereocenters. The highest BCUT2D eigenvalue weighted by Gasteiger charge is 2.28. The first-order valence-electron chi connectivity index (χ1n) is 6.80. The quantitative estimate of drug-likeness (QED) is 0.702. The van der Waals surface area contributed by atoms with Gasteiger partial charge >= 0.3 is 0 Å². The number of nitrogens with zero attached hydrogens (tertiary/aromatic N) is 2. The Hall–Kier alpha value is -0.120. The van der Waals surface area contributed by atoms with Gasteiger partial charge in [0.05, 0.1) is 0 Å². The number of nitrogens with one attached hydrogen (secondary N) is 1. The maximum Gasteiger partial charge on any atom is 0.0194 e. The number of rotatable bonds is 8. The Kier molecular flexibility index (Phi) is 7.29. The Morgan fingerprint density at radius 2 is 1.71 bits per heavy atom. The Balaban J connectivity index is 4.48. The molecule has 0 aromatic heterocycles. The fraction of sp³-hybridized carbons (Fsp3) is 1.00. The van der Waals surface area contributed by atoms with Crippen LogP contribution < -0.4 is 5.32 Å². The summed E-state index contributed by atoms with van der Waals surface area (Å²) in [6, 6.07) is 1.14. The van der Waals surface area contributed by atoms with E-state index in [1.165, 1.54) is 0 Å². The molecular weight excluding hydrogens is 210 g/mol. The molecule has 0 aromatic carbocycles. The fourth-order valence-electron chi connectivity index (χ4n) is 2.27. The zero-order valence-electron chi connectivity index (χ0n) is 13.2. The van der Waals surface area contributed by atoms with Gasteiger partial charge in [-0.3, -0.25) is 4.90 Å². The molecule has 0 rings (SSSR count). The van der Waals surface area contributed by atoms with Gasteiger partial charge in [-0.2, -0.15) is 0 Å². The van der Waals surface area contributed by atoms with E-state index in [1.54, 1.807) is 0 Å². The molecule has 0 heterocycles. The monoisotopic (exact) mass is 243 g/mol. The Morgan fingerprint density at radius 3 is 2.06 bits per heavy atom. The van der Waals surface area contributed by atoms with Crippen LogP contribution in [0.15, 0.2) is 0 Å². The van der Waals surface area contributed by atoms with Gasteiger partial charge in [0.25, 0.3) is 0 Å². The van der Waals surface area contributed by atoms with E-state index >= 15 is 0 Å². The van der Waals surface area contributed by atoms with Crippen molar-refractivity contribution in [2.45, 2.75) is 46.7 Å². The van der Waals surface area contributed by atoms with Crippen LogP contribution in [0.1, 0.15) is 34.6 Å². The first kappa shape index (κ1) is 16.9. The molecule has 1 N–H and O–H groups in total. The maximum absolute atomic E-state index is 3.38. The van der Waals surface area contributed by atoms with Crippen molar-refractivity contribution >= 4 is 0 Å². The molecule has 0 spiro atoms. The minimum Gasteiger partial charge on any atom is -0.317 e. The third kappa shape index (κ3) is 5.84. The first-order chi connectivity index (χ1) is 7.74. The molecule has 0 saturated carbocycles. The standard InChI is InChI=1S/C14H33N3/c1-9-17(12(2)10-16(7)8)11-14(4,5)13(3)15-6/h12-13,15H,9-11H2,1-8H3. The lowest BCUT2D eigenvalue weighted by Gasteiger charge is -2.40. The van der Waals surface area contributed by atoms with Crippen molar-refractivity contribution in [1.29, 1.82) is 0 Å². The predicted molar refractivity (Wildman–Crippen MR) is 77.6 cm³/mol. The molecule has 3 heteroatoms. The average Bonchev–Trinajstić information content (AvgIpc) is 2.23. The first-order valence-corrected chi connectivity index (χ1v) is 6.80. The Labute approximate surface area is 109 Å². The van der Waals surface area contributed by atoms with E-state index in [-0.39, 0.29) is 0 Å². The van der Waals surface area contributed by atoms with Crippen molar-refractivity contribution < 1.29 is 0 Å². The van der Waals surface area contributed by atoms with Crippen molar-refractivity contribution in [1.82, 2.24) is 15.1 Å². The SMILES string of the molecule is CCN(CC(C)(C)C(C)NC)C(C)CN(C)C. The number of hydrogen-bond donors (Lipinski definition) is 1. The highest BCUT2D eigenvalue weighted by molar-refractivity contribution is 4.84. The second-order valence-corrected chi connectivity index (χ2v) is 6.17. The van der Waals surface area contributed by atoms with Crippen LogP contribution in [-0.4, -0.2) is 62.7 Å². The lowest BCUT2D eigenvalue weighted by Crippen LogP contribution is -2.49. The predicted octanol–water partition coefficient (Wildman–Crippen LogP) is 1.89. The van der Waals surface area contributed by atoms with Crippen molar-refractivity contribution in [3.63, 3.8) is 0 Å². The van der Waals surface area contributed by atoms with Crippen LogP contribution in [0.25, 0.3) is 0 Å². The van der Waals surface area contributed by atoms with Gasteiger partial charge in [-0.15, -0.1) is 0 Å². The van der Waals surface area contributed by atoms with Crippen molar-refractivity contribution in [3.05, 3.63) is 0 Å². The van der Waals surface area contributed by atoms with Crippen molar-refractivity contribution in [2.75, 3.05) is 40.8 Å². The summed E-state index contributed by atoms with van der Waals surface area (Å²) in [5.74, 6) is 0. The van der Waals surface area contributed by atoms with E-state index in [0.29, 0.717) is 17.5 Å². The molecule has 3 nitrogen and oxygen atoms in total. The molecular formula is C14H33N3. The van der Waals surface area contributed by atoms with Gasteiger partial charge < -0.3 is 10.2 Å². The van der Waals surface area contributed by atoms with Gasteiger partial charge in [0.15, 0.2) is 0 Å². The highest BCUT2D eigenvalue weighted by atomic mass is 15.2. The van der Waals surface area contributed by atoms with E-state index in [4.69, 9.17) is 0 Å². The smallest absolute Gasteiger partial charge is 0.0194 e. The van der Waals surface area contributed by atoms with Gasteiger partial charge in [-0.05, 0) is 47.0 Å². The largest absolute Gasteiger partial charge is 0.317 e. The van der Waals surface area contributed by atoms with Crippen LogP contribution in [0.5, 0.6) is 0 Å². The van der Waals surface area contributed by atoms with Crippen LogP contribution in [0.4, 0.5) is 0 Å². The van der Waals surface area contributed by atoms with Crippen LogP contribution in [-0.2, 0) is 0 Å². The topological polar surface area (TPSA) is 18.5 Å². The molecule has 0 aliphatic rings. The molecule has 2 atom stereocenters. The normalized spacial score (nSPS) is 16.6. The van der Waals surface area contributed by atoms with Gasteiger partial charge in [-0.25, -0.2) is 0 Å². The van der Waals surface area contributed by atoms with Crippen LogP contribution in [0.2, 0.25) is 0 Å². The van der Waals surface area contributed by atoms with Gasteiger partial charge in [0.2, 0.25) is 0 Å². The molecule has 0 fully saturated rings. The molecule has 17 heavy (non-hydrogen) atoms. The molecule has 0 aromatic rings. The summed E-state index contributed by atoms with van der Waals surface area (Å²) in [7, 11) is 6.34. The summed E-state index contributed by atoms with van der Waals surface area (Å²) in [5, 5.41) is 3.38. The second kappa shape index (κ2) is 7.34. The fourth-order valence-corrected chi connectivity index (χ4v) is 2.27. The minimum atomic E-state index is 0.297. The maximum atomic E-state index is 3.38.